The molecule has 0 aliphatic carbocycles. The predicted molar refractivity (Wildman–Crippen MR) is 368 cm³/mol. The van der Waals surface area contributed by atoms with Crippen LogP contribution in [0.2, 0.25) is 0 Å². The van der Waals surface area contributed by atoms with E-state index in [1.54, 1.807) is 0 Å². The van der Waals surface area contributed by atoms with Crippen molar-refractivity contribution < 1.29 is 80.2 Å². The summed E-state index contributed by atoms with van der Waals surface area (Å²) in [6.07, 6.45) is 49.8. The number of carbonyl (C=O) groups is 4. The van der Waals surface area contributed by atoms with Crippen molar-refractivity contribution >= 4 is 39.5 Å². The molecule has 0 spiro atoms. The highest BCUT2D eigenvalue weighted by Crippen LogP contribution is 2.45. The third-order valence-corrected chi connectivity index (χ3v) is 19.0. The zero-order valence-electron chi connectivity index (χ0n) is 59.1. The van der Waals surface area contributed by atoms with Crippen molar-refractivity contribution in [3.8, 4) is 0 Å². The van der Waals surface area contributed by atoms with Crippen LogP contribution < -0.4 is 0 Å². The van der Waals surface area contributed by atoms with E-state index in [1.165, 1.54) is 180 Å². The number of phosphoric ester groups is 2. The van der Waals surface area contributed by atoms with Crippen LogP contribution in [0, 0.1) is 11.8 Å². The van der Waals surface area contributed by atoms with Crippen molar-refractivity contribution in [2.75, 3.05) is 39.6 Å². The molecule has 3 N–H and O–H groups in total. The Labute approximate surface area is 556 Å². The molecular weight excluding hydrogens is 1200 g/mol. The molecule has 0 radical (unpaired) electrons. The summed E-state index contributed by atoms with van der Waals surface area (Å²) in [4.78, 5) is 72.6. The Hall–Kier alpha value is -1.94. The Balaban J connectivity index is 5.26. The molecule has 19 heteroatoms. The van der Waals surface area contributed by atoms with E-state index in [9.17, 15) is 43.2 Å². The van der Waals surface area contributed by atoms with Crippen molar-refractivity contribution in [3.63, 3.8) is 0 Å². The Bertz CT molecular complexity index is 1770. The molecule has 0 rings (SSSR count). The van der Waals surface area contributed by atoms with E-state index < -0.39 is 97.5 Å². The number of aliphatic hydroxyl groups excluding tert-OH is 1. The number of hydrogen-bond acceptors (Lipinski definition) is 15. The zero-order valence-corrected chi connectivity index (χ0v) is 60.9. The summed E-state index contributed by atoms with van der Waals surface area (Å²) in [5.74, 6) is -0.612. The SMILES string of the molecule is CCCCCCCCCCCCCCCCC(=O)OC[C@H](COP(=O)(O)OC[C@@H](O)COP(=O)(O)OC[C@@H](COC(=O)CCCCCCCCC(C)CC)OC(=O)CCCCCCCCCCCCCC)OC(=O)CCCCCCCCCCCCCCC(C)C. The highest BCUT2D eigenvalue weighted by molar-refractivity contribution is 7.47. The number of rotatable bonds is 71. The predicted octanol–water partition coefficient (Wildman–Crippen LogP) is 20.8. The van der Waals surface area contributed by atoms with E-state index in [0.29, 0.717) is 25.7 Å². The molecule has 6 atom stereocenters. The standard InChI is InChI=1S/C72H140O17P2/c1-7-10-12-14-16-18-20-22-23-28-31-35-42-48-54-69(74)82-60-67(88-72(77)57-51-45-37-33-29-25-24-26-30-34-40-46-52-64(4)5)62-86-90(78,79)84-58-66(73)59-85-91(80,81)87-63-68(61-83-70(75)55-49-43-39-38-41-47-53-65(6)9-3)89-71(76)56-50-44-36-32-27-21-19-17-15-13-11-8-2/h64-68,73H,7-63H2,1-6H3,(H,78,79)(H,80,81)/t65?,66-,67-,68-/m1/s1. The van der Waals surface area contributed by atoms with Crippen LogP contribution in [-0.4, -0.2) is 96.7 Å². The van der Waals surface area contributed by atoms with E-state index in [2.05, 4.69) is 41.5 Å². The molecule has 0 bridgehead atoms. The number of hydrogen-bond donors (Lipinski definition) is 3. The van der Waals surface area contributed by atoms with Crippen LogP contribution in [0.1, 0.15) is 369 Å². The Morgan fingerprint density at radius 3 is 0.835 bits per heavy atom. The molecule has 0 aliphatic heterocycles. The van der Waals surface area contributed by atoms with E-state index in [4.69, 9.17) is 37.0 Å². The summed E-state index contributed by atoms with van der Waals surface area (Å²) in [6, 6.07) is 0. The maximum atomic E-state index is 13.0. The molecule has 0 saturated carbocycles. The maximum Gasteiger partial charge on any atom is 0.472 e. The molecule has 0 aliphatic rings. The number of unbranched alkanes of at least 4 members (excludes halogenated alkanes) is 40. The van der Waals surface area contributed by atoms with Crippen LogP contribution in [0.25, 0.3) is 0 Å². The smallest absolute Gasteiger partial charge is 0.462 e. The lowest BCUT2D eigenvalue weighted by molar-refractivity contribution is -0.161. The highest BCUT2D eigenvalue weighted by atomic mass is 31.2. The average Bonchev–Trinajstić information content (AvgIpc) is 3.73. The minimum absolute atomic E-state index is 0.106. The second kappa shape index (κ2) is 64.1. The topological polar surface area (TPSA) is 237 Å². The fourth-order valence-electron chi connectivity index (χ4n) is 10.9. The van der Waals surface area contributed by atoms with Gasteiger partial charge in [-0.25, -0.2) is 9.13 Å². The van der Waals surface area contributed by atoms with Crippen molar-refractivity contribution in [2.45, 2.75) is 387 Å². The summed E-state index contributed by atoms with van der Waals surface area (Å²) >= 11 is 0. The molecule has 0 aromatic rings. The largest absolute Gasteiger partial charge is 0.472 e. The van der Waals surface area contributed by atoms with E-state index in [-0.39, 0.29) is 25.7 Å². The first-order valence-electron chi connectivity index (χ1n) is 37.5. The first-order chi connectivity index (χ1) is 43.9. The molecule has 0 aromatic heterocycles. The average molecular weight is 1340 g/mol. The monoisotopic (exact) mass is 1340 g/mol. The third-order valence-electron chi connectivity index (χ3n) is 17.1. The first kappa shape index (κ1) is 89.1. The molecule has 17 nitrogen and oxygen atoms in total. The van der Waals surface area contributed by atoms with Gasteiger partial charge >= 0.3 is 39.5 Å². The van der Waals surface area contributed by atoms with E-state index in [0.717, 1.165) is 108 Å². The van der Waals surface area contributed by atoms with Crippen LogP contribution in [0.5, 0.6) is 0 Å². The van der Waals surface area contributed by atoms with Gasteiger partial charge in [-0.2, -0.15) is 0 Å². The van der Waals surface area contributed by atoms with Gasteiger partial charge in [-0.15, -0.1) is 0 Å². The number of phosphoric acid groups is 2. The van der Waals surface area contributed by atoms with Crippen molar-refractivity contribution in [2.24, 2.45) is 11.8 Å². The van der Waals surface area contributed by atoms with Gasteiger partial charge in [-0.05, 0) is 37.5 Å². The second-order valence-corrected chi connectivity index (χ2v) is 29.6. The van der Waals surface area contributed by atoms with Gasteiger partial charge in [0, 0.05) is 25.7 Å². The number of carbonyl (C=O) groups excluding carboxylic acids is 4. The number of ether oxygens (including phenoxy) is 4. The molecule has 91 heavy (non-hydrogen) atoms. The molecular formula is C72H140O17P2. The fourth-order valence-corrected chi connectivity index (χ4v) is 12.5. The number of esters is 4. The van der Waals surface area contributed by atoms with Crippen LogP contribution in [0.15, 0.2) is 0 Å². The second-order valence-electron chi connectivity index (χ2n) is 26.7. The van der Waals surface area contributed by atoms with E-state index >= 15 is 0 Å². The molecule has 0 aromatic carbocycles. The lowest BCUT2D eigenvalue weighted by Gasteiger charge is -2.21. The van der Waals surface area contributed by atoms with E-state index in [1.807, 2.05) is 0 Å². The van der Waals surface area contributed by atoms with Crippen molar-refractivity contribution in [1.29, 1.82) is 0 Å². The van der Waals surface area contributed by atoms with Crippen LogP contribution in [-0.2, 0) is 65.4 Å². The highest BCUT2D eigenvalue weighted by Gasteiger charge is 2.30. The molecule has 0 heterocycles. The first-order valence-corrected chi connectivity index (χ1v) is 40.5. The normalized spacial score (nSPS) is 14.4. The van der Waals surface area contributed by atoms with Crippen LogP contribution in [0.3, 0.4) is 0 Å². The zero-order chi connectivity index (χ0) is 67.2. The van der Waals surface area contributed by atoms with Crippen LogP contribution >= 0.6 is 15.6 Å². The molecule has 0 amide bonds. The van der Waals surface area contributed by atoms with Gasteiger partial charge in [0.1, 0.15) is 19.3 Å². The Morgan fingerprint density at radius 2 is 0.560 bits per heavy atom. The van der Waals surface area contributed by atoms with Gasteiger partial charge in [0.15, 0.2) is 12.2 Å². The molecule has 0 fully saturated rings. The number of aliphatic hydroxyl groups is 1. The molecule has 540 valence electrons. The van der Waals surface area contributed by atoms with Crippen LogP contribution in [0.4, 0.5) is 0 Å². The van der Waals surface area contributed by atoms with Gasteiger partial charge < -0.3 is 33.8 Å². The Kier molecular flexibility index (Phi) is 62.7. The summed E-state index contributed by atoms with van der Waals surface area (Å²) in [5.41, 5.74) is 0. The lowest BCUT2D eigenvalue weighted by atomic mass is 10.00. The van der Waals surface area contributed by atoms with Crippen molar-refractivity contribution in [1.82, 2.24) is 0 Å². The van der Waals surface area contributed by atoms with Gasteiger partial charge in [-0.3, -0.25) is 37.3 Å². The third kappa shape index (κ3) is 65.1. The quantitative estimate of drug-likeness (QED) is 0.0222. The Morgan fingerprint density at radius 1 is 0.319 bits per heavy atom. The summed E-state index contributed by atoms with van der Waals surface area (Å²) < 4.78 is 68.4. The molecule has 0 saturated heterocycles. The minimum atomic E-state index is -4.95. The summed E-state index contributed by atoms with van der Waals surface area (Å²) in [5, 5.41) is 10.6. The van der Waals surface area contributed by atoms with Gasteiger partial charge in [0.05, 0.1) is 26.4 Å². The maximum absolute atomic E-state index is 13.0. The van der Waals surface area contributed by atoms with Gasteiger partial charge in [0.2, 0.25) is 0 Å². The van der Waals surface area contributed by atoms with Gasteiger partial charge in [0.25, 0.3) is 0 Å². The lowest BCUT2D eigenvalue weighted by Crippen LogP contribution is -2.30. The minimum Gasteiger partial charge on any atom is -0.462 e. The summed E-state index contributed by atoms with van der Waals surface area (Å²) in [7, 11) is -9.90. The molecule has 3 unspecified atom stereocenters. The van der Waals surface area contributed by atoms with Crippen molar-refractivity contribution in [3.05, 3.63) is 0 Å². The summed E-state index contributed by atoms with van der Waals surface area (Å²) in [6.45, 7) is 9.54. The fraction of sp³-hybridized carbons (Fsp3) is 0.944. The van der Waals surface area contributed by atoms with Gasteiger partial charge in [-0.1, -0.05) is 318 Å².